The quantitative estimate of drug-likeness (QED) is 0.873. The average molecular weight is 324 g/mol. The zero-order valence-corrected chi connectivity index (χ0v) is 13.3. The van der Waals surface area contributed by atoms with Crippen LogP contribution in [0.25, 0.3) is 0 Å². The number of hydrogen-bond acceptors (Lipinski definition) is 3. The molecule has 1 saturated heterocycles. The van der Waals surface area contributed by atoms with Crippen LogP contribution in [0.4, 0.5) is 4.79 Å². The van der Waals surface area contributed by atoms with Gasteiger partial charge in [-0.1, -0.05) is 23.7 Å². The molecule has 0 aromatic heterocycles. The molecule has 6 heteroatoms. The Kier molecular flexibility index (Phi) is 5.18. The van der Waals surface area contributed by atoms with Gasteiger partial charge in [-0.15, -0.1) is 0 Å². The van der Waals surface area contributed by atoms with Gasteiger partial charge < -0.3 is 15.4 Å². The predicted molar refractivity (Wildman–Crippen MR) is 86.1 cm³/mol. The molecule has 120 valence electrons. The van der Waals surface area contributed by atoms with E-state index in [4.69, 9.17) is 16.3 Å². The van der Waals surface area contributed by atoms with E-state index >= 15 is 0 Å². The lowest BCUT2D eigenvalue weighted by Gasteiger charge is -2.35. The van der Waals surface area contributed by atoms with E-state index in [1.165, 1.54) is 0 Å². The molecular formula is C16H22ClN3O2. The molecule has 1 atom stereocenters. The summed E-state index contributed by atoms with van der Waals surface area (Å²) in [7, 11) is 0. The van der Waals surface area contributed by atoms with Gasteiger partial charge in [0.15, 0.2) is 0 Å². The van der Waals surface area contributed by atoms with Gasteiger partial charge >= 0.3 is 6.03 Å². The fourth-order valence-corrected chi connectivity index (χ4v) is 2.91. The molecule has 1 heterocycles. The minimum absolute atomic E-state index is 0.0808. The molecule has 2 amide bonds. The van der Waals surface area contributed by atoms with Crippen LogP contribution in [0.5, 0.6) is 0 Å². The first-order valence-electron chi connectivity index (χ1n) is 7.84. The first-order valence-corrected chi connectivity index (χ1v) is 8.22. The van der Waals surface area contributed by atoms with E-state index in [9.17, 15) is 4.79 Å². The SMILES string of the molecule is O=C(NC[C@H](c1cccc(Cl)c1)N1CCOCC1)NC1CC1. The van der Waals surface area contributed by atoms with Crippen LogP contribution in [-0.2, 0) is 4.74 Å². The standard InChI is InChI=1S/C16H22ClN3O2/c17-13-3-1-2-12(10-13)15(20-6-8-22-9-7-20)11-18-16(21)19-14-4-5-14/h1-3,10,14-15H,4-9,11H2,(H2,18,19,21)/t15-/m1/s1. The van der Waals surface area contributed by atoms with E-state index in [2.05, 4.69) is 21.6 Å². The first-order chi connectivity index (χ1) is 10.7. The topological polar surface area (TPSA) is 53.6 Å². The highest BCUT2D eigenvalue weighted by molar-refractivity contribution is 6.30. The molecule has 0 bridgehead atoms. The van der Waals surface area contributed by atoms with Crippen molar-refractivity contribution in [3.8, 4) is 0 Å². The number of urea groups is 1. The van der Waals surface area contributed by atoms with Crippen molar-refractivity contribution in [2.45, 2.75) is 24.9 Å². The summed E-state index contributed by atoms with van der Waals surface area (Å²) in [6.07, 6.45) is 2.18. The molecule has 1 aliphatic carbocycles. The summed E-state index contributed by atoms with van der Waals surface area (Å²) < 4.78 is 5.43. The third-order valence-corrected chi connectivity index (χ3v) is 4.32. The van der Waals surface area contributed by atoms with Crippen molar-refractivity contribution in [1.29, 1.82) is 0 Å². The summed E-state index contributed by atoms with van der Waals surface area (Å²) in [6, 6.07) is 8.27. The lowest BCUT2D eigenvalue weighted by molar-refractivity contribution is 0.0167. The molecule has 1 aliphatic heterocycles. The maximum absolute atomic E-state index is 11.9. The number of hydrogen-bond donors (Lipinski definition) is 2. The number of halogens is 1. The smallest absolute Gasteiger partial charge is 0.315 e. The van der Waals surface area contributed by atoms with Crippen LogP contribution in [0, 0.1) is 0 Å². The average Bonchev–Trinajstić information content (AvgIpc) is 3.32. The maximum Gasteiger partial charge on any atom is 0.315 e. The van der Waals surface area contributed by atoms with E-state index in [-0.39, 0.29) is 12.1 Å². The second-order valence-electron chi connectivity index (χ2n) is 5.85. The Morgan fingerprint density at radius 3 is 2.82 bits per heavy atom. The summed E-state index contributed by atoms with van der Waals surface area (Å²) >= 11 is 6.12. The van der Waals surface area contributed by atoms with E-state index in [1.807, 2.05) is 18.2 Å². The summed E-state index contributed by atoms with van der Waals surface area (Å²) in [5.41, 5.74) is 1.13. The van der Waals surface area contributed by atoms with Gasteiger partial charge in [0.2, 0.25) is 0 Å². The molecule has 0 unspecified atom stereocenters. The maximum atomic E-state index is 11.9. The Morgan fingerprint density at radius 1 is 1.36 bits per heavy atom. The van der Waals surface area contributed by atoms with E-state index in [1.54, 1.807) is 0 Å². The van der Waals surface area contributed by atoms with Gasteiger partial charge in [-0.25, -0.2) is 4.79 Å². The number of benzene rings is 1. The molecule has 2 aliphatic rings. The van der Waals surface area contributed by atoms with Crippen molar-refractivity contribution in [2.75, 3.05) is 32.8 Å². The number of nitrogens with zero attached hydrogens (tertiary/aromatic N) is 1. The number of rotatable bonds is 5. The van der Waals surface area contributed by atoms with Crippen molar-refractivity contribution >= 4 is 17.6 Å². The zero-order chi connectivity index (χ0) is 15.4. The normalized spacial score (nSPS) is 20.4. The molecule has 0 spiro atoms. The van der Waals surface area contributed by atoms with Crippen molar-refractivity contribution in [3.05, 3.63) is 34.9 Å². The zero-order valence-electron chi connectivity index (χ0n) is 12.6. The second-order valence-corrected chi connectivity index (χ2v) is 6.28. The fourth-order valence-electron chi connectivity index (χ4n) is 2.71. The van der Waals surface area contributed by atoms with Crippen LogP contribution in [0.3, 0.4) is 0 Å². The fraction of sp³-hybridized carbons (Fsp3) is 0.562. The molecule has 1 aromatic carbocycles. The second kappa shape index (κ2) is 7.31. The van der Waals surface area contributed by atoms with Crippen LogP contribution in [0.1, 0.15) is 24.4 Å². The first kappa shape index (κ1) is 15.6. The number of ether oxygens (including phenoxy) is 1. The molecule has 0 radical (unpaired) electrons. The van der Waals surface area contributed by atoms with Gasteiger partial charge in [0, 0.05) is 30.7 Å². The highest BCUT2D eigenvalue weighted by Gasteiger charge is 2.26. The molecule has 1 aromatic rings. The minimum atomic E-state index is -0.0808. The van der Waals surface area contributed by atoms with Gasteiger partial charge in [0.05, 0.1) is 19.3 Å². The largest absolute Gasteiger partial charge is 0.379 e. The third kappa shape index (κ3) is 4.35. The van der Waals surface area contributed by atoms with E-state index < -0.39 is 0 Å². The van der Waals surface area contributed by atoms with Gasteiger partial charge in [-0.05, 0) is 30.5 Å². The summed E-state index contributed by atoms with van der Waals surface area (Å²) in [6.45, 7) is 3.75. The van der Waals surface area contributed by atoms with Crippen molar-refractivity contribution < 1.29 is 9.53 Å². The lowest BCUT2D eigenvalue weighted by atomic mass is 10.0. The van der Waals surface area contributed by atoms with Crippen LogP contribution in [0.15, 0.2) is 24.3 Å². The van der Waals surface area contributed by atoms with Gasteiger partial charge in [-0.2, -0.15) is 0 Å². The number of amides is 2. The van der Waals surface area contributed by atoms with Crippen LogP contribution >= 0.6 is 11.6 Å². The Hall–Kier alpha value is -1.30. The van der Waals surface area contributed by atoms with Crippen LogP contribution < -0.4 is 10.6 Å². The van der Waals surface area contributed by atoms with E-state index in [0.717, 1.165) is 49.7 Å². The van der Waals surface area contributed by atoms with E-state index in [0.29, 0.717) is 12.6 Å². The third-order valence-electron chi connectivity index (χ3n) is 4.09. The highest BCUT2D eigenvalue weighted by atomic mass is 35.5. The summed E-state index contributed by atoms with van der Waals surface area (Å²) in [5.74, 6) is 0. The van der Waals surface area contributed by atoms with Gasteiger partial charge in [0.1, 0.15) is 0 Å². The number of carbonyl (C=O) groups is 1. The lowest BCUT2D eigenvalue weighted by Crippen LogP contribution is -2.46. The van der Waals surface area contributed by atoms with Crippen LogP contribution in [-0.4, -0.2) is 49.8 Å². The molecule has 22 heavy (non-hydrogen) atoms. The molecule has 1 saturated carbocycles. The van der Waals surface area contributed by atoms with Crippen molar-refractivity contribution in [3.63, 3.8) is 0 Å². The van der Waals surface area contributed by atoms with Gasteiger partial charge in [0.25, 0.3) is 0 Å². The predicted octanol–water partition coefficient (Wildman–Crippen LogP) is 2.17. The minimum Gasteiger partial charge on any atom is -0.379 e. The summed E-state index contributed by atoms with van der Waals surface area (Å²) in [4.78, 5) is 14.2. The molecule has 5 nitrogen and oxygen atoms in total. The highest BCUT2D eigenvalue weighted by Crippen LogP contribution is 2.24. The summed E-state index contributed by atoms with van der Waals surface area (Å²) in [5, 5.41) is 6.67. The molecule has 2 N–H and O–H groups in total. The molecule has 2 fully saturated rings. The number of morpholine rings is 1. The number of nitrogens with one attached hydrogen (secondary N) is 2. The Bertz CT molecular complexity index is 516. The molecule has 3 rings (SSSR count). The Balaban J connectivity index is 1.66. The molecular weight excluding hydrogens is 302 g/mol. The van der Waals surface area contributed by atoms with Gasteiger partial charge in [-0.3, -0.25) is 4.90 Å². The van der Waals surface area contributed by atoms with Crippen LogP contribution in [0.2, 0.25) is 5.02 Å². The van der Waals surface area contributed by atoms with Crippen molar-refractivity contribution in [2.24, 2.45) is 0 Å². The Morgan fingerprint density at radius 2 is 2.14 bits per heavy atom. The Labute approximate surface area is 136 Å². The van der Waals surface area contributed by atoms with Crippen molar-refractivity contribution in [1.82, 2.24) is 15.5 Å². The monoisotopic (exact) mass is 323 g/mol. The number of carbonyl (C=O) groups excluding carboxylic acids is 1.